The van der Waals surface area contributed by atoms with Crippen LogP contribution < -0.4 is 5.32 Å². The summed E-state index contributed by atoms with van der Waals surface area (Å²) < 4.78 is 5.11. The summed E-state index contributed by atoms with van der Waals surface area (Å²) in [6, 6.07) is 16.3. The van der Waals surface area contributed by atoms with Gasteiger partial charge in [0.15, 0.2) is 6.61 Å². The third-order valence-corrected chi connectivity index (χ3v) is 4.68. The number of carbonyl (C=O) groups excluding carboxylic acids is 3. The van der Waals surface area contributed by atoms with Crippen molar-refractivity contribution in [2.45, 2.75) is 11.4 Å². The predicted molar refractivity (Wildman–Crippen MR) is 104 cm³/mol. The van der Waals surface area contributed by atoms with Crippen LogP contribution in [-0.2, 0) is 20.9 Å². The normalized spacial score (nSPS) is 10.1. The molecule has 1 N–H and O–H groups in total. The van der Waals surface area contributed by atoms with E-state index in [0.29, 0.717) is 17.0 Å². The molecule has 0 saturated carbocycles. The van der Waals surface area contributed by atoms with Gasteiger partial charge in [0.2, 0.25) is 5.91 Å². The Kier molecular flexibility index (Phi) is 7.88. The van der Waals surface area contributed by atoms with Crippen molar-refractivity contribution in [1.82, 2.24) is 10.2 Å². The number of ether oxygens (including phenoxy) is 1. The van der Waals surface area contributed by atoms with Crippen LogP contribution in [0.15, 0.2) is 59.5 Å². The number of carbonyl (C=O) groups is 3. The second kappa shape index (κ2) is 10.4. The molecule has 0 aliphatic heterocycles. The Bertz CT molecular complexity index is 794. The van der Waals surface area contributed by atoms with E-state index in [1.165, 1.54) is 16.7 Å². The number of hydrogen-bond donors (Lipinski definition) is 1. The lowest BCUT2D eigenvalue weighted by Crippen LogP contribution is -2.28. The Labute approximate surface area is 162 Å². The van der Waals surface area contributed by atoms with Crippen molar-refractivity contribution in [1.29, 1.82) is 0 Å². The molecule has 0 fully saturated rings. The van der Waals surface area contributed by atoms with E-state index in [-0.39, 0.29) is 24.2 Å². The van der Waals surface area contributed by atoms with Crippen molar-refractivity contribution in [2.75, 3.05) is 26.5 Å². The summed E-state index contributed by atoms with van der Waals surface area (Å²) in [7, 11) is 3.36. The van der Waals surface area contributed by atoms with Crippen LogP contribution in [0.2, 0.25) is 0 Å². The standard InChI is InChI=1S/C20H22N2O4S/c1-22(2)19(24)14-27-17-11-7-6-10-16(17)20(25)26-13-18(23)21-12-15-8-4-3-5-9-15/h3-11H,12-14H2,1-2H3,(H,21,23). The van der Waals surface area contributed by atoms with Crippen molar-refractivity contribution < 1.29 is 19.1 Å². The van der Waals surface area contributed by atoms with E-state index in [9.17, 15) is 14.4 Å². The molecule has 0 aliphatic carbocycles. The Balaban J connectivity index is 1.86. The SMILES string of the molecule is CN(C)C(=O)CSc1ccccc1C(=O)OCC(=O)NCc1ccccc1. The molecule has 6 nitrogen and oxygen atoms in total. The van der Waals surface area contributed by atoms with Crippen molar-refractivity contribution in [3.8, 4) is 0 Å². The summed E-state index contributed by atoms with van der Waals surface area (Å²) in [5.74, 6) is -0.802. The second-order valence-electron chi connectivity index (χ2n) is 5.91. The van der Waals surface area contributed by atoms with Gasteiger partial charge in [-0.25, -0.2) is 4.79 Å². The monoisotopic (exact) mass is 386 g/mol. The topological polar surface area (TPSA) is 75.7 Å². The number of amides is 2. The van der Waals surface area contributed by atoms with Crippen LogP contribution >= 0.6 is 11.8 Å². The number of esters is 1. The van der Waals surface area contributed by atoms with Crippen molar-refractivity contribution in [3.63, 3.8) is 0 Å². The Hall–Kier alpha value is -2.80. The number of thioether (sulfide) groups is 1. The molecule has 0 heterocycles. The van der Waals surface area contributed by atoms with Gasteiger partial charge in [0.1, 0.15) is 0 Å². The van der Waals surface area contributed by atoms with Crippen LogP contribution in [0.1, 0.15) is 15.9 Å². The van der Waals surface area contributed by atoms with E-state index in [4.69, 9.17) is 4.74 Å². The van der Waals surface area contributed by atoms with E-state index >= 15 is 0 Å². The van der Waals surface area contributed by atoms with Crippen LogP contribution in [-0.4, -0.2) is 49.1 Å². The Morgan fingerprint density at radius 3 is 2.37 bits per heavy atom. The highest BCUT2D eigenvalue weighted by atomic mass is 32.2. The first-order chi connectivity index (χ1) is 13.0. The quantitative estimate of drug-likeness (QED) is 0.557. The van der Waals surface area contributed by atoms with Crippen molar-refractivity contribution in [2.24, 2.45) is 0 Å². The van der Waals surface area contributed by atoms with Gasteiger partial charge in [0.05, 0.1) is 11.3 Å². The molecular formula is C20H22N2O4S. The van der Waals surface area contributed by atoms with Gasteiger partial charge >= 0.3 is 5.97 Å². The van der Waals surface area contributed by atoms with Crippen LogP contribution in [0, 0.1) is 0 Å². The fraction of sp³-hybridized carbons (Fsp3) is 0.250. The van der Waals surface area contributed by atoms with E-state index in [1.54, 1.807) is 38.4 Å². The molecular weight excluding hydrogens is 364 g/mol. The molecule has 0 saturated heterocycles. The highest BCUT2D eigenvalue weighted by Crippen LogP contribution is 2.23. The molecule has 7 heteroatoms. The average molecular weight is 386 g/mol. The Morgan fingerprint density at radius 2 is 1.67 bits per heavy atom. The number of rotatable bonds is 8. The molecule has 0 aliphatic rings. The third-order valence-electron chi connectivity index (χ3n) is 3.62. The molecule has 27 heavy (non-hydrogen) atoms. The number of nitrogens with zero attached hydrogens (tertiary/aromatic N) is 1. The fourth-order valence-corrected chi connectivity index (χ4v) is 3.10. The van der Waals surface area contributed by atoms with E-state index in [0.717, 1.165) is 5.56 Å². The highest BCUT2D eigenvalue weighted by Gasteiger charge is 2.16. The number of nitrogens with one attached hydrogen (secondary N) is 1. The molecule has 2 aromatic rings. The molecule has 2 amide bonds. The summed E-state index contributed by atoms with van der Waals surface area (Å²) in [5, 5.41) is 2.70. The molecule has 0 aromatic heterocycles. The zero-order valence-electron chi connectivity index (χ0n) is 15.3. The summed E-state index contributed by atoms with van der Waals surface area (Å²) in [6.07, 6.45) is 0. The largest absolute Gasteiger partial charge is 0.452 e. The minimum atomic E-state index is -0.592. The van der Waals surface area contributed by atoms with E-state index < -0.39 is 5.97 Å². The minimum absolute atomic E-state index is 0.0524. The maximum atomic E-state index is 12.3. The van der Waals surface area contributed by atoms with Crippen LogP contribution in [0.5, 0.6) is 0 Å². The van der Waals surface area contributed by atoms with Gasteiger partial charge in [-0.05, 0) is 17.7 Å². The third kappa shape index (κ3) is 6.79. The van der Waals surface area contributed by atoms with Crippen molar-refractivity contribution in [3.05, 3.63) is 65.7 Å². The molecule has 0 bridgehead atoms. The lowest BCUT2D eigenvalue weighted by atomic mass is 10.2. The Morgan fingerprint density at radius 1 is 1.00 bits per heavy atom. The highest BCUT2D eigenvalue weighted by molar-refractivity contribution is 8.00. The maximum absolute atomic E-state index is 12.3. The molecule has 2 rings (SSSR count). The fourth-order valence-electron chi connectivity index (χ4n) is 2.09. The zero-order chi connectivity index (χ0) is 19.6. The number of benzene rings is 2. The van der Waals surface area contributed by atoms with Gasteiger partial charge in [-0.3, -0.25) is 9.59 Å². The van der Waals surface area contributed by atoms with Gasteiger partial charge in [0, 0.05) is 25.5 Å². The molecule has 0 unspecified atom stereocenters. The van der Waals surface area contributed by atoms with Gasteiger partial charge in [0.25, 0.3) is 5.91 Å². The average Bonchev–Trinajstić information content (AvgIpc) is 2.69. The first-order valence-electron chi connectivity index (χ1n) is 8.37. The van der Waals surface area contributed by atoms with Gasteiger partial charge in [-0.2, -0.15) is 0 Å². The smallest absolute Gasteiger partial charge is 0.339 e. The van der Waals surface area contributed by atoms with Crippen LogP contribution in [0.4, 0.5) is 0 Å². The molecule has 142 valence electrons. The van der Waals surface area contributed by atoms with Gasteiger partial charge in [-0.15, -0.1) is 11.8 Å². The summed E-state index contributed by atoms with van der Waals surface area (Å²) in [4.78, 5) is 38.1. The van der Waals surface area contributed by atoms with E-state index in [2.05, 4.69) is 5.32 Å². The summed E-state index contributed by atoms with van der Waals surface area (Å²) in [6.45, 7) is 0.0115. The van der Waals surface area contributed by atoms with E-state index in [1.807, 2.05) is 30.3 Å². The van der Waals surface area contributed by atoms with Gasteiger partial charge in [-0.1, -0.05) is 42.5 Å². The summed E-state index contributed by atoms with van der Waals surface area (Å²) in [5.41, 5.74) is 1.30. The molecule has 0 spiro atoms. The first-order valence-corrected chi connectivity index (χ1v) is 9.35. The maximum Gasteiger partial charge on any atom is 0.339 e. The second-order valence-corrected chi connectivity index (χ2v) is 6.93. The predicted octanol–water partition coefficient (Wildman–Crippen LogP) is 2.34. The molecule has 2 aromatic carbocycles. The van der Waals surface area contributed by atoms with Crippen LogP contribution in [0.3, 0.4) is 0 Å². The number of hydrogen-bond acceptors (Lipinski definition) is 5. The van der Waals surface area contributed by atoms with Crippen molar-refractivity contribution >= 4 is 29.5 Å². The molecule has 0 radical (unpaired) electrons. The first kappa shape index (κ1) is 20.5. The minimum Gasteiger partial charge on any atom is -0.452 e. The molecule has 0 atom stereocenters. The lowest BCUT2D eigenvalue weighted by Gasteiger charge is -2.12. The summed E-state index contributed by atoms with van der Waals surface area (Å²) >= 11 is 1.26. The zero-order valence-corrected chi connectivity index (χ0v) is 16.1. The van der Waals surface area contributed by atoms with Crippen LogP contribution in [0.25, 0.3) is 0 Å². The lowest BCUT2D eigenvalue weighted by molar-refractivity contribution is -0.126. The van der Waals surface area contributed by atoms with Gasteiger partial charge < -0.3 is 15.0 Å².